The first kappa shape index (κ1) is 14.0. The van der Waals surface area contributed by atoms with Gasteiger partial charge in [-0.1, -0.05) is 30.3 Å². The molecule has 2 aliphatic rings. The van der Waals surface area contributed by atoms with Crippen molar-refractivity contribution in [2.24, 2.45) is 12.0 Å². The maximum atomic E-state index is 12.9. The molecule has 1 aliphatic carbocycles. The van der Waals surface area contributed by atoms with Crippen LogP contribution >= 0.6 is 0 Å². The molecule has 0 amide bonds. The molecule has 1 aromatic heterocycles. The molecule has 0 saturated heterocycles. The fraction of sp³-hybridized carbons (Fsp3) is 0.263. The molecule has 1 aliphatic heterocycles. The van der Waals surface area contributed by atoms with E-state index in [0.29, 0.717) is 5.70 Å². The molecular formula is C19H19N3O. The van der Waals surface area contributed by atoms with Crippen LogP contribution in [0.15, 0.2) is 53.3 Å². The Balaban J connectivity index is 1.70. The van der Waals surface area contributed by atoms with Gasteiger partial charge in [-0.05, 0) is 30.5 Å². The fourth-order valence-corrected chi connectivity index (χ4v) is 3.43. The maximum absolute atomic E-state index is 12.9. The Morgan fingerprint density at radius 1 is 1.26 bits per heavy atom. The summed E-state index contributed by atoms with van der Waals surface area (Å²) in [6, 6.07) is 10.2. The second-order valence-corrected chi connectivity index (χ2v) is 6.17. The Hall–Kier alpha value is -2.62. The molecule has 2 heterocycles. The summed E-state index contributed by atoms with van der Waals surface area (Å²) < 4.78 is 1.94. The van der Waals surface area contributed by atoms with Crippen LogP contribution in [0.4, 0.5) is 0 Å². The number of carbonyl (C=O) groups excluding carboxylic acids is 1. The van der Waals surface area contributed by atoms with Gasteiger partial charge >= 0.3 is 0 Å². The van der Waals surface area contributed by atoms with Crippen LogP contribution in [0, 0.1) is 0 Å². The molecule has 4 nitrogen and oxygen atoms in total. The summed E-state index contributed by atoms with van der Waals surface area (Å²) in [6.45, 7) is 2.86. The molecule has 0 saturated carbocycles. The van der Waals surface area contributed by atoms with E-state index in [-0.39, 0.29) is 11.8 Å². The van der Waals surface area contributed by atoms with Crippen LogP contribution in [0.3, 0.4) is 0 Å². The van der Waals surface area contributed by atoms with Gasteiger partial charge in [0.15, 0.2) is 0 Å². The minimum Gasteiger partial charge on any atom is -0.375 e. The van der Waals surface area contributed by atoms with E-state index in [1.54, 1.807) is 0 Å². The number of rotatable bonds is 3. The highest BCUT2D eigenvalue weighted by Gasteiger charge is 2.32. The van der Waals surface area contributed by atoms with E-state index in [4.69, 9.17) is 0 Å². The SMILES string of the molecule is C[C@H](NC1=CC2=NCCc3cn(C)c(c32)C1=O)c1ccccc1. The lowest BCUT2D eigenvalue weighted by Gasteiger charge is -2.23. The van der Waals surface area contributed by atoms with E-state index in [9.17, 15) is 4.79 Å². The van der Waals surface area contributed by atoms with Gasteiger partial charge in [0.1, 0.15) is 5.69 Å². The summed E-state index contributed by atoms with van der Waals surface area (Å²) in [5, 5.41) is 3.37. The molecule has 116 valence electrons. The lowest BCUT2D eigenvalue weighted by molar-refractivity contribution is 0.101. The van der Waals surface area contributed by atoms with Gasteiger partial charge in [-0.2, -0.15) is 0 Å². The first-order valence-corrected chi connectivity index (χ1v) is 7.96. The molecular weight excluding hydrogens is 286 g/mol. The molecule has 0 fully saturated rings. The number of aliphatic imine (C=N–C) groups is 1. The van der Waals surface area contributed by atoms with E-state index in [2.05, 4.69) is 35.6 Å². The summed E-state index contributed by atoms with van der Waals surface area (Å²) in [7, 11) is 1.94. The molecule has 1 aromatic carbocycles. The highest BCUT2D eigenvalue weighted by atomic mass is 16.1. The summed E-state index contributed by atoms with van der Waals surface area (Å²) in [5.74, 6) is 0.0531. The van der Waals surface area contributed by atoms with Crippen LogP contribution < -0.4 is 5.32 Å². The van der Waals surface area contributed by atoms with Crippen molar-refractivity contribution in [3.8, 4) is 0 Å². The average Bonchev–Trinajstić information content (AvgIpc) is 2.91. The Morgan fingerprint density at radius 3 is 2.83 bits per heavy atom. The number of hydrogen-bond acceptors (Lipinski definition) is 3. The zero-order valence-corrected chi connectivity index (χ0v) is 13.3. The van der Waals surface area contributed by atoms with E-state index < -0.39 is 0 Å². The number of hydrogen-bond donors (Lipinski definition) is 1. The summed E-state index contributed by atoms with van der Waals surface area (Å²) >= 11 is 0. The van der Waals surface area contributed by atoms with E-state index in [1.807, 2.05) is 35.9 Å². The van der Waals surface area contributed by atoms with Gasteiger partial charge < -0.3 is 9.88 Å². The number of allylic oxidation sites excluding steroid dienone is 2. The molecule has 4 heteroatoms. The van der Waals surface area contributed by atoms with Crippen molar-refractivity contribution < 1.29 is 4.79 Å². The van der Waals surface area contributed by atoms with Crippen molar-refractivity contribution in [1.82, 2.24) is 9.88 Å². The molecule has 1 atom stereocenters. The summed E-state index contributed by atoms with van der Waals surface area (Å²) in [4.78, 5) is 17.5. The number of aromatic nitrogens is 1. The second kappa shape index (κ2) is 5.23. The molecule has 0 spiro atoms. The van der Waals surface area contributed by atoms with Gasteiger partial charge in [0.25, 0.3) is 0 Å². The molecule has 0 unspecified atom stereocenters. The molecule has 4 rings (SSSR count). The Morgan fingerprint density at radius 2 is 2.04 bits per heavy atom. The van der Waals surface area contributed by atoms with Gasteiger partial charge in [-0.3, -0.25) is 9.79 Å². The molecule has 0 radical (unpaired) electrons. The summed E-state index contributed by atoms with van der Waals surface area (Å²) in [6.07, 6.45) is 4.89. The van der Waals surface area contributed by atoms with Gasteiger partial charge in [-0.15, -0.1) is 0 Å². The third kappa shape index (κ3) is 2.22. The van der Waals surface area contributed by atoms with Crippen LogP contribution in [0.25, 0.3) is 0 Å². The third-order valence-electron chi connectivity index (χ3n) is 4.59. The third-order valence-corrected chi connectivity index (χ3v) is 4.59. The molecule has 1 N–H and O–H groups in total. The van der Waals surface area contributed by atoms with E-state index in [0.717, 1.165) is 35.5 Å². The maximum Gasteiger partial charge on any atom is 0.225 e. The van der Waals surface area contributed by atoms with Crippen LogP contribution in [0.2, 0.25) is 0 Å². The van der Waals surface area contributed by atoms with E-state index in [1.165, 1.54) is 5.56 Å². The lowest BCUT2D eigenvalue weighted by Crippen LogP contribution is -2.30. The average molecular weight is 305 g/mol. The number of benzene rings is 1. The first-order valence-electron chi connectivity index (χ1n) is 7.96. The highest BCUT2D eigenvalue weighted by molar-refractivity contribution is 6.26. The van der Waals surface area contributed by atoms with Crippen molar-refractivity contribution in [2.75, 3.05) is 6.54 Å². The highest BCUT2D eigenvalue weighted by Crippen LogP contribution is 2.29. The summed E-state index contributed by atoms with van der Waals surface area (Å²) in [5.41, 5.74) is 5.73. The van der Waals surface area contributed by atoms with E-state index >= 15 is 0 Å². The monoisotopic (exact) mass is 305 g/mol. The number of ketones is 1. The predicted molar refractivity (Wildman–Crippen MR) is 90.9 cm³/mol. The minimum atomic E-state index is 0.0531. The number of aryl methyl sites for hydroxylation is 1. The number of nitrogens with zero attached hydrogens (tertiary/aromatic N) is 2. The Kier molecular flexibility index (Phi) is 3.18. The van der Waals surface area contributed by atoms with Crippen molar-refractivity contribution >= 4 is 11.5 Å². The largest absolute Gasteiger partial charge is 0.375 e. The van der Waals surface area contributed by atoms with Crippen LogP contribution in [0.1, 0.15) is 40.1 Å². The molecule has 0 bridgehead atoms. The van der Waals surface area contributed by atoms with Gasteiger partial charge in [0.05, 0.1) is 11.4 Å². The van der Waals surface area contributed by atoms with Crippen molar-refractivity contribution in [3.05, 3.63) is 70.7 Å². The second-order valence-electron chi connectivity index (χ2n) is 6.17. The van der Waals surface area contributed by atoms with Gasteiger partial charge in [0, 0.05) is 31.4 Å². The predicted octanol–water partition coefficient (Wildman–Crippen LogP) is 2.80. The van der Waals surface area contributed by atoms with Gasteiger partial charge in [0.2, 0.25) is 5.78 Å². The van der Waals surface area contributed by atoms with Crippen molar-refractivity contribution in [1.29, 1.82) is 0 Å². The standard InChI is InChI=1S/C19H19N3O/c1-12(13-6-4-3-5-7-13)21-16-10-15-17-14(8-9-20-15)11-22(2)18(17)19(16)23/h3-7,10-12,21H,8-9H2,1-2H3/t12-/m0/s1. The molecule has 2 aromatic rings. The number of Topliss-reactive ketones (excluding diaryl/α,β-unsaturated/α-hetero) is 1. The van der Waals surface area contributed by atoms with Crippen LogP contribution in [0.5, 0.6) is 0 Å². The number of carbonyl (C=O) groups is 1. The quantitative estimate of drug-likeness (QED) is 0.948. The normalized spacial score (nSPS) is 17.2. The topological polar surface area (TPSA) is 46.4 Å². The first-order chi connectivity index (χ1) is 11.1. The molecule has 23 heavy (non-hydrogen) atoms. The van der Waals surface area contributed by atoms with Crippen molar-refractivity contribution in [3.63, 3.8) is 0 Å². The number of nitrogens with one attached hydrogen (secondary N) is 1. The lowest BCUT2D eigenvalue weighted by atomic mass is 9.92. The fourth-order valence-electron chi connectivity index (χ4n) is 3.43. The zero-order chi connectivity index (χ0) is 16.0. The zero-order valence-electron chi connectivity index (χ0n) is 13.3. The minimum absolute atomic E-state index is 0.0531. The Labute approximate surface area is 135 Å². The van der Waals surface area contributed by atoms with Crippen LogP contribution in [-0.2, 0) is 13.5 Å². The Bertz CT molecular complexity index is 843. The van der Waals surface area contributed by atoms with Crippen molar-refractivity contribution in [2.45, 2.75) is 19.4 Å². The van der Waals surface area contributed by atoms with Crippen LogP contribution in [-0.4, -0.2) is 22.6 Å². The van der Waals surface area contributed by atoms with Gasteiger partial charge in [-0.25, -0.2) is 0 Å². The smallest absolute Gasteiger partial charge is 0.225 e.